The van der Waals surface area contributed by atoms with Gasteiger partial charge >= 0.3 is 0 Å². The standard InChI is InChI=1S/C19H21BrN2O3/c20-16-5-7-17(8-6-16)25-14-19(23)22(13-18-4-2-10-24-18)12-15-3-1-9-21-11-15/h1,3,5-9,11,18H,2,4,10,12-14H2. The van der Waals surface area contributed by atoms with E-state index in [-0.39, 0.29) is 18.6 Å². The van der Waals surface area contributed by atoms with Gasteiger partial charge in [-0.05, 0) is 48.7 Å². The molecule has 1 fully saturated rings. The van der Waals surface area contributed by atoms with Gasteiger partial charge in [0, 0.05) is 36.6 Å². The fourth-order valence-corrected chi connectivity index (χ4v) is 3.03. The molecule has 0 aliphatic carbocycles. The molecule has 1 unspecified atom stereocenters. The molecule has 0 radical (unpaired) electrons. The molecule has 2 heterocycles. The molecule has 3 rings (SSSR count). The summed E-state index contributed by atoms with van der Waals surface area (Å²) < 4.78 is 12.3. The van der Waals surface area contributed by atoms with E-state index < -0.39 is 0 Å². The van der Waals surface area contributed by atoms with Gasteiger partial charge in [0.1, 0.15) is 5.75 Å². The molecule has 1 aliphatic heterocycles. The second kappa shape index (κ2) is 8.97. The number of hydrogen-bond acceptors (Lipinski definition) is 4. The fourth-order valence-electron chi connectivity index (χ4n) is 2.77. The molecule has 5 nitrogen and oxygen atoms in total. The molecular formula is C19H21BrN2O3. The van der Waals surface area contributed by atoms with Crippen molar-refractivity contribution in [3.63, 3.8) is 0 Å². The average molecular weight is 405 g/mol. The first-order valence-corrected chi connectivity index (χ1v) is 9.16. The Bertz CT molecular complexity index is 673. The molecule has 1 saturated heterocycles. The largest absolute Gasteiger partial charge is 0.484 e. The van der Waals surface area contributed by atoms with Crippen molar-refractivity contribution in [2.24, 2.45) is 0 Å². The normalized spacial score (nSPS) is 16.6. The van der Waals surface area contributed by atoms with Crippen molar-refractivity contribution in [1.29, 1.82) is 0 Å². The third kappa shape index (κ3) is 5.54. The Morgan fingerprint density at radius 3 is 2.84 bits per heavy atom. The van der Waals surface area contributed by atoms with E-state index in [2.05, 4.69) is 20.9 Å². The first kappa shape index (κ1) is 17.9. The van der Waals surface area contributed by atoms with Crippen molar-refractivity contribution in [3.8, 4) is 5.75 Å². The van der Waals surface area contributed by atoms with Gasteiger partial charge in [-0.25, -0.2) is 0 Å². The molecule has 0 spiro atoms. The molecule has 0 saturated carbocycles. The lowest BCUT2D eigenvalue weighted by Crippen LogP contribution is -2.39. The van der Waals surface area contributed by atoms with Crippen LogP contribution in [0.2, 0.25) is 0 Å². The van der Waals surface area contributed by atoms with E-state index in [1.165, 1.54) is 0 Å². The lowest BCUT2D eigenvalue weighted by atomic mass is 10.2. The van der Waals surface area contributed by atoms with Gasteiger partial charge < -0.3 is 14.4 Å². The summed E-state index contributed by atoms with van der Waals surface area (Å²) in [5.74, 6) is 0.622. The highest BCUT2D eigenvalue weighted by Crippen LogP contribution is 2.18. The molecular weight excluding hydrogens is 384 g/mol. The lowest BCUT2D eigenvalue weighted by Gasteiger charge is -2.25. The molecule has 132 valence electrons. The van der Waals surface area contributed by atoms with Crippen molar-refractivity contribution in [2.75, 3.05) is 19.8 Å². The lowest BCUT2D eigenvalue weighted by molar-refractivity contribution is -0.135. The third-order valence-electron chi connectivity index (χ3n) is 4.07. The number of rotatable bonds is 7. The Labute approximate surface area is 156 Å². The summed E-state index contributed by atoms with van der Waals surface area (Å²) in [6.07, 6.45) is 5.66. The third-order valence-corrected chi connectivity index (χ3v) is 4.60. The smallest absolute Gasteiger partial charge is 0.260 e. The van der Waals surface area contributed by atoms with Crippen LogP contribution < -0.4 is 4.74 Å². The van der Waals surface area contributed by atoms with E-state index in [9.17, 15) is 4.79 Å². The summed E-state index contributed by atoms with van der Waals surface area (Å²) in [5.41, 5.74) is 0.998. The van der Waals surface area contributed by atoms with E-state index in [1.54, 1.807) is 17.3 Å². The van der Waals surface area contributed by atoms with E-state index in [0.29, 0.717) is 18.8 Å². The number of ether oxygens (including phenoxy) is 2. The van der Waals surface area contributed by atoms with Crippen molar-refractivity contribution in [2.45, 2.75) is 25.5 Å². The van der Waals surface area contributed by atoms with E-state index in [1.807, 2.05) is 36.4 Å². The number of benzene rings is 1. The summed E-state index contributed by atoms with van der Waals surface area (Å²) in [4.78, 5) is 18.6. The van der Waals surface area contributed by atoms with Gasteiger partial charge in [-0.3, -0.25) is 9.78 Å². The van der Waals surface area contributed by atoms with Gasteiger partial charge in [0.05, 0.1) is 6.10 Å². The van der Waals surface area contributed by atoms with Crippen LogP contribution in [-0.4, -0.2) is 41.7 Å². The first-order chi connectivity index (χ1) is 12.2. The van der Waals surface area contributed by atoms with Crippen LogP contribution in [0.3, 0.4) is 0 Å². The number of halogens is 1. The van der Waals surface area contributed by atoms with E-state index >= 15 is 0 Å². The summed E-state index contributed by atoms with van der Waals surface area (Å²) in [7, 11) is 0. The molecule has 25 heavy (non-hydrogen) atoms. The first-order valence-electron chi connectivity index (χ1n) is 8.37. The second-order valence-corrected chi connectivity index (χ2v) is 6.93. The maximum atomic E-state index is 12.7. The minimum atomic E-state index is -0.0535. The summed E-state index contributed by atoms with van der Waals surface area (Å²) in [5, 5.41) is 0. The maximum absolute atomic E-state index is 12.7. The Hall–Kier alpha value is -1.92. The molecule has 2 aromatic rings. The number of aromatic nitrogens is 1. The predicted octanol–water partition coefficient (Wildman–Crippen LogP) is 3.43. The van der Waals surface area contributed by atoms with Crippen LogP contribution in [0.4, 0.5) is 0 Å². The molecule has 1 aromatic carbocycles. The molecule has 1 amide bonds. The van der Waals surface area contributed by atoms with Crippen LogP contribution >= 0.6 is 15.9 Å². The zero-order valence-electron chi connectivity index (χ0n) is 13.9. The average Bonchev–Trinajstić information content (AvgIpc) is 3.14. The van der Waals surface area contributed by atoms with Gasteiger partial charge in [0.2, 0.25) is 0 Å². The zero-order chi connectivity index (χ0) is 17.5. The van der Waals surface area contributed by atoms with Gasteiger partial charge in [0.25, 0.3) is 5.91 Å². The Morgan fingerprint density at radius 2 is 2.16 bits per heavy atom. The Morgan fingerprint density at radius 1 is 1.32 bits per heavy atom. The highest BCUT2D eigenvalue weighted by Gasteiger charge is 2.23. The maximum Gasteiger partial charge on any atom is 0.260 e. The number of pyridine rings is 1. The van der Waals surface area contributed by atoms with Crippen molar-refractivity contribution < 1.29 is 14.3 Å². The number of carbonyl (C=O) groups is 1. The van der Waals surface area contributed by atoms with E-state index in [4.69, 9.17) is 9.47 Å². The quantitative estimate of drug-likeness (QED) is 0.709. The van der Waals surface area contributed by atoms with Gasteiger partial charge in [-0.15, -0.1) is 0 Å². The molecule has 1 aliphatic rings. The Kier molecular flexibility index (Phi) is 6.42. The van der Waals surface area contributed by atoms with Crippen LogP contribution in [-0.2, 0) is 16.1 Å². The summed E-state index contributed by atoms with van der Waals surface area (Å²) in [6, 6.07) is 11.3. The van der Waals surface area contributed by atoms with Crippen LogP contribution in [0.1, 0.15) is 18.4 Å². The van der Waals surface area contributed by atoms with Crippen molar-refractivity contribution in [3.05, 3.63) is 58.8 Å². The van der Waals surface area contributed by atoms with Crippen LogP contribution in [0.25, 0.3) is 0 Å². The van der Waals surface area contributed by atoms with Gasteiger partial charge in [0.15, 0.2) is 6.61 Å². The van der Waals surface area contributed by atoms with Crippen LogP contribution in [0, 0.1) is 0 Å². The molecule has 6 heteroatoms. The number of nitrogens with zero attached hydrogens (tertiary/aromatic N) is 2. The topological polar surface area (TPSA) is 51.7 Å². The minimum Gasteiger partial charge on any atom is -0.484 e. The second-order valence-electron chi connectivity index (χ2n) is 6.01. The number of carbonyl (C=O) groups excluding carboxylic acids is 1. The monoisotopic (exact) mass is 404 g/mol. The van der Waals surface area contributed by atoms with Crippen molar-refractivity contribution in [1.82, 2.24) is 9.88 Å². The summed E-state index contributed by atoms with van der Waals surface area (Å²) >= 11 is 3.38. The SMILES string of the molecule is O=C(COc1ccc(Br)cc1)N(Cc1cccnc1)CC1CCCO1. The zero-order valence-corrected chi connectivity index (χ0v) is 15.5. The number of amides is 1. The molecule has 0 N–H and O–H groups in total. The molecule has 1 aromatic heterocycles. The molecule has 0 bridgehead atoms. The number of hydrogen-bond donors (Lipinski definition) is 0. The summed E-state index contributed by atoms with van der Waals surface area (Å²) in [6.45, 7) is 1.87. The van der Waals surface area contributed by atoms with Gasteiger partial charge in [-0.2, -0.15) is 0 Å². The Balaban J connectivity index is 1.62. The van der Waals surface area contributed by atoms with Crippen molar-refractivity contribution >= 4 is 21.8 Å². The highest BCUT2D eigenvalue weighted by molar-refractivity contribution is 9.10. The molecule has 1 atom stereocenters. The highest BCUT2D eigenvalue weighted by atomic mass is 79.9. The van der Waals surface area contributed by atoms with E-state index in [0.717, 1.165) is 29.5 Å². The van der Waals surface area contributed by atoms with Crippen LogP contribution in [0.5, 0.6) is 5.75 Å². The predicted molar refractivity (Wildman–Crippen MR) is 98.3 cm³/mol. The van der Waals surface area contributed by atoms with Crippen LogP contribution in [0.15, 0.2) is 53.3 Å². The van der Waals surface area contributed by atoms with Gasteiger partial charge in [-0.1, -0.05) is 22.0 Å². The minimum absolute atomic E-state index is 0.00855. The fraction of sp³-hybridized carbons (Fsp3) is 0.368.